The lowest BCUT2D eigenvalue weighted by Gasteiger charge is -2.05. The minimum absolute atomic E-state index is 0.104. The second-order valence-electron chi connectivity index (χ2n) is 3.44. The zero-order chi connectivity index (χ0) is 11.8. The second-order valence-corrected chi connectivity index (χ2v) is 3.44. The molecule has 0 saturated carbocycles. The number of pyridine rings is 1. The minimum Gasteiger partial charge on any atom is -0.383 e. The number of amides is 1. The van der Waals surface area contributed by atoms with Gasteiger partial charge in [-0.25, -0.2) is 4.98 Å². The number of methoxy groups -OCH3 is 1. The third kappa shape index (κ3) is 4.86. The zero-order valence-electron chi connectivity index (χ0n) is 9.62. The summed E-state index contributed by atoms with van der Waals surface area (Å²) in [5.41, 5.74) is 1.07. The van der Waals surface area contributed by atoms with Gasteiger partial charge in [-0.3, -0.25) is 4.79 Å². The fraction of sp³-hybridized carbons (Fsp3) is 0.455. The number of ether oxygens (including phenoxy) is 1. The molecular weight excluding hydrogens is 206 g/mol. The van der Waals surface area contributed by atoms with Crippen LogP contribution in [0.5, 0.6) is 0 Å². The number of nitrogens with one attached hydrogen (secondary N) is 2. The first-order chi connectivity index (χ1) is 7.72. The summed E-state index contributed by atoms with van der Waals surface area (Å²) in [6.45, 7) is 3.46. The summed E-state index contributed by atoms with van der Waals surface area (Å²) in [7, 11) is 1.62. The van der Waals surface area contributed by atoms with Gasteiger partial charge in [0.1, 0.15) is 5.82 Å². The molecule has 0 aromatic carbocycles. The van der Waals surface area contributed by atoms with Gasteiger partial charge in [0.15, 0.2) is 0 Å². The maximum absolute atomic E-state index is 11.4. The van der Waals surface area contributed by atoms with Crippen molar-refractivity contribution in [2.24, 2.45) is 0 Å². The molecule has 1 amide bonds. The summed E-state index contributed by atoms with van der Waals surface area (Å²) in [4.78, 5) is 15.5. The van der Waals surface area contributed by atoms with E-state index in [2.05, 4.69) is 15.6 Å². The summed E-state index contributed by atoms with van der Waals surface area (Å²) in [6.07, 6.45) is 1.72. The van der Waals surface area contributed by atoms with Crippen LogP contribution in [-0.2, 0) is 9.53 Å². The smallest absolute Gasteiger partial charge is 0.239 e. The Balaban J connectivity index is 2.26. The maximum atomic E-state index is 11.4. The molecule has 88 valence electrons. The van der Waals surface area contributed by atoms with E-state index >= 15 is 0 Å². The number of aromatic nitrogens is 1. The van der Waals surface area contributed by atoms with Crippen LogP contribution in [0.15, 0.2) is 18.3 Å². The molecule has 0 aliphatic rings. The maximum Gasteiger partial charge on any atom is 0.239 e. The summed E-state index contributed by atoms with van der Waals surface area (Å²) < 4.78 is 4.85. The average Bonchev–Trinajstić information content (AvgIpc) is 2.28. The lowest BCUT2D eigenvalue weighted by atomic mass is 10.3. The molecule has 1 aromatic rings. The molecule has 0 fully saturated rings. The third-order valence-corrected chi connectivity index (χ3v) is 1.95. The third-order valence-electron chi connectivity index (χ3n) is 1.95. The van der Waals surface area contributed by atoms with E-state index in [1.54, 1.807) is 19.4 Å². The van der Waals surface area contributed by atoms with Crippen LogP contribution in [0.4, 0.5) is 5.82 Å². The van der Waals surface area contributed by atoms with E-state index in [1.807, 2.05) is 13.0 Å². The fourth-order valence-electron chi connectivity index (χ4n) is 1.10. The zero-order valence-corrected chi connectivity index (χ0v) is 9.62. The van der Waals surface area contributed by atoms with Gasteiger partial charge in [0, 0.05) is 19.9 Å². The number of rotatable bonds is 6. The van der Waals surface area contributed by atoms with Crippen LogP contribution in [0.3, 0.4) is 0 Å². The topological polar surface area (TPSA) is 63.2 Å². The molecule has 0 unspecified atom stereocenters. The molecule has 0 radical (unpaired) electrons. The van der Waals surface area contributed by atoms with E-state index in [1.165, 1.54) is 0 Å². The highest BCUT2D eigenvalue weighted by molar-refractivity contribution is 5.91. The van der Waals surface area contributed by atoms with Crippen LogP contribution in [0.25, 0.3) is 0 Å². The van der Waals surface area contributed by atoms with E-state index in [9.17, 15) is 4.79 Å². The highest BCUT2D eigenvalue weighted by atomic mass is 16.5. The van der Waals surface area contributed by atoms with Gasteiger partial charge in [0.05, 0.1) is 13.2 Å². The molecular formula is C11H17N3O2. The number of hydrogen-bond acceptors (Lipinski definition) is 4. The van der Waals surface area contributed by atoms with Gasteiger partial charge in [-0.05, 0) is 18.6 Å². The molecule has 5 nitrogen and oxygen atoms in total. The van der Waals surface area contributed by atoms with Crippen LogP contribution in [0.2, 0.25) is 0 Å². The Kier molecular flexibility index (Phi) is 5.45. The van der Waals surface area contributed by atoms with Crippen LogP contribution in [0, 0.1) is 6.92 Å². The van der Waals surface area contributed by atoms with E-state index in [0.29, 0.717) is 19.0 Å². The monoisotopic (exact) mass is 223 g/mol. The van der Waals surface area contributed by atoms with Crippen LogP contribution < -0.4 is 10.6 Å². The van der Waals surface area contributed by atoms with Gasteiger partial charge in [0.25, 0.3) is 0 Å². The number of carbonyl (C=O) groups is 1. The largest absolute Gasteiger partial charge is 0.383 e. The molecule has 1 aromatic heterocycles. The molecule has 0 aliphatic carbocycles. The van der Waals surface area contributed by atoms with Crippen molar-refractivity contribution in [2.75, 3.05) is 32.1 Å². The Bertz CT molecular complexity index is 325. The number of aryl methyl sites for hydroxylation is 1. The van der Waals surface area contributed by atoms with Gasteiger partial charge >= 0.3 is 0 Å². The number of anilines is 1. The van der Waals surface area contributed by atoms with Gasteiger partial charge in [-0.2, -0.15) is 0 Å². The van der Waals surface area contributed by atoms with Crippen molar-refractivity contribution >= 4 is 11.7 Å². The highest BCUT2D eigenvalue weighted by Gasteiger charge is 2.01. The molecule has 0 saturated heterocycles. The van der Waals surface area contributed by atoms with Crippen LogP contribution in [-0.4, -0.2) is 37.7 Å². The minimum atomic E-state index is -0.104. The number of nitrogens with zero attached hydrogens (tertiary/aromatic N) is 1. The first-order valence-corrected chi connectivity index (χ1v) is 5.14. The summed E-state index contributed by atoms with van der Waals surface area (Å²) in [5, 5.41) is 5.65. The van der Waals surface area contributed by atoms with Crippen molar-refractivity contribution in [3.63, 3.8) is 0 Å². The molecule has 1 rings (SSSR count). The SMILES string of the molecule is COCCNCC(=O)Nc1ccc(C)cn1. The van der Waals surface area contributed by atoms with Gasteiger partial charge in [-0.15, -0.1) is 0 Å². The van der Waals surface area contributed by atoms with Crippen molar-refractivity contribution in [3.8, 4) is 0 Å². The van der Waals surface area contributed by atoms with E-state index < -0.39 is 0 Å². The molecule has 16 heavy (non-hydrogen) atoms. The predicted octanol–water partition coefficient (Wildman–Crippen LogP) is 0.565. The normalized spacial score (nSPS) is 10.1. The second kappa shape index (κ2) is 6.92. The number of carbonyl (C=O) groups excluding carboxylic acids is 1. The summed E-state index contributed by atoms with van der Waals surface area (Å²) in [6, 6.07) is 3.68. The summed E-state index contributed by atoms with van der Waals surface area (Å²) >= 11 is 0. The van der Waals surface area contributed by atoms with E-state index in [0.717, 1.165) is 5.56 Å². The Labute approximate surface area is 95.2 Å². The molecule has 5 heteroatoms. The van der Waals surface area contributed by atoms with Crippen LogP contribution >= 0.6 is 0 Å². The molecule has 0 atom stereocenters. The van der Waals surface area contributed by atoms with Gasteiger partial charge in [0.2, 0.25) is 5.91 Å². The van der Waals surface area contributed by atoms with Crippen molar-refractivity contribution in [1.29, 1.82) is 0 Å². The Morgan fingerprint density at radius 3 is 2.94 bits per heavy atom. The highest BCUT2D eigenvalue weighted by Crippen LogP contribution is 2.02. The summed E-state index contributed by atoms with van der Waals surface area (Å²) in [5.74, 6) is 0.469. The Morgan fingerprint density at radius 1 is 1.50 bits per heavy atom. The first-order valence-electron chi connectivity index (χ1n) is 5.14. The van der Waals surface area contributed by atoms with Crippen LogP contribution in [0.1, 0.15) is 5.56 Å². The van der Waals surface area contributed by atoms with Crippen molar-refractivity contribution in [1.82, 2.24) is 10.3 Å². The first kappa shape index (κ1) is 12.6. The Hall–Kier alpha value is -1.46. The lowest BCUT2D eigenvalue weighted by Crippen LogP contribution is -2.30. The molecule has 2 N–H and O–H groups in total. The van der Waals surface area contributed by atoms with Gasteiger partial charge in [-0.1, -0.05) is 6.07 Å². The molecule has 1 heterocycles. The lowest BCUT2D eigenvalue weighted by molar-refractivity contribution is -0.115. The van der Waals surface area contributed by atoms with Crippen molar-refractivity contribution in [3.05, 3.63) is 23.9 Å². The fourth-order valence-corrected chi connectivity index (χ4v) is 1.10. The molecule has 0 spiro atoms. The predicted molar refractivity (Wildman–Crippen MR) is 62.3 cm³/mol. The Morgan fingerprint density at radius 2 is 2.31 bits per heavy atom. The van der Waals surface area contributed by atoms with E-state index in [4.69, 9.17) is 4.74 Å². The molecule has 0 bridgehead atoms. The van der Waals surface area contributed by atoms with Crippen molar-refractivity contribution in [2.45, 2.75) is 6.92 Å². The average molecular weight is 223 g/mol. The van der Waals surface area contributed by atoms with Gasteiger partial charge < -0.3 is 15.4 Å². The van der Waals surface area contributed by atoms with Crippen molar-refractivity contribution < 1.29 is 9.53 Å². The standard InChI is InChI=1S/C11H17N3O2/c1-9-3-4-10(13-7-9)14-11(15)8-12-5-6-16-2/h3-4,7,12H,5-6,8H2,1-2H3,(H,13,14,15). The number of hydrogen-bond donors (Lipinski definition) is 2. The quantitative estimate of drug-likeness (QED) is 0.692. The van der Waals surface area contributed by atoms with E-state index in [-0.39, 0.29) is 12.5 Å². The molecule has 0 aliphatic heterocycles.